The van der Waals surface area contributed by atoms with E-state index in [2.05, 4.69) is 70.3 Å². The number of pyridine rings is 10. The van der Waals surface area contributed by atoms with Crippen LogP contribution in [0.2, 0.25) is 0 Å². The first-order valence-corrected chi connectivity index (χ1v) is 20.8. The molecule has 0 unspecified atom stereocenters. The van der Waals surface area contributed by atoms with Gasteiger partial charge in [0, 0.05) is 141 Å². The van der Waals surface area contributed by atoms with Crippen molar-refractivity contribution >= 4 is 109 Å². The molecule has 0 saturated carbocycles. The molecule has 0 fully saturated rings. The zero-order chi connectivity index (χ0) is 42.3. The van der Waals surface area contributed by atoms with Crippen molar-refractivity contribution in [2.75, 3.05) is 0 Å². The summed E-state index contributed by atoms with van der Waals surface area (Å²) >= 11 is 0. The van der Waals surface area contributed by atoms with Crippen LogP contribution in [0.4, 0.5) is 0 Å². The van der Waals surface area contributed by atoms with E-state index in [1.54, 1.807) is 49.6 Å². The number of hydrogen-bond acceptors (Lipinski definition) is 11. The first-order chi connectivity index (χ1) is 32.3. The molecule has 15 aromatic rings. The van der Waals surface area contributed by atoms with Gasteiger partial charge in [-0.1, -0.05) is 0 Å². The first kappa shape index (κ1) is 34.1. The number of rotatable bonds is 4. The van der Waals surface area contributed by atoms with E-state index in [1.807, 2.05) is 98.1 Å². The highest BCUT2D eigenvalue weighted by Gasteiger charge is 2.27. The highest BCUT2D eigenvalue weighted by atomic mass is 16.3. The summed E-state index contributed by atoms with van der Waals surface area (Å²) in [4.78, 5) is 47.6. The lowest BCUT2D eigenvalue weighted by Gasteiger charge is -2.13. The average Bonchev–Trinajstić information content (AvgIpc) is 4.17. The molecule has 0 radical (unpaired) electrons. The summed E-state index contributed by atoms with van der Waals surface area (Å²) in [6.07, 6.45) is 29.5. The van der Waals surface area contributed by atoms with Gasteiger partial charge in [0.1, 0.15) is 11.6 Å². The molecule has 0 aliphatic heterocycles. The molecule has 0 saturated heterocycles. The van der Waals surface area contributed by atoms with Crippen LogP contribution in [0, 0.1) is 0 Å². The average molecular weight is 839 g/mol. The van der Waals surface area contributed by atoms with Gasteiger partial charge in [-0.2, -0.15) is 0 Å². The molecule has 0 aliphatic carbocycles. The molecule has 0 bridgehead atoms. The maximum absolute atomic E-state index is 7.36. The number of aromatic nitrogens is 14. The Kier molecular flexibility index (Phi) is 6.59. The second-order valence-corrected chi connectivity index (χ2v) is 15.9. The van der Waals surface area contributed by atoms with Crippen molar-refractivity contribution in [2.45, 2.75) is 0 Å². The number of fused-ring (bicyclic) bond motifs is 15. The van der Waals surface area contributed by atoms with Crippen LogP contribution >= 0.6 is 0 Å². The van der Waals surface area contributed by atoms with Crippen molar-refractivity contribution in [2.24, 2.45) is 0 Å². The summed E-state index contributed by atoms with van der Waals surface area (Å²) in [5.41, 5.74) is 8.36. The van der Waals surface area contributed by atoms with Crippen molar-refractivity contribution < 1.29 is 4.42 Å². The summed E-state index contributed by atoms with van der Waals surface area (Å²) < 4.78 is 16.0. The van der Waals surface area contributed by atoms with E-state index < -0.39 is 0 Å². The molecule has 65 heavy (non-hydrogen) atoms. The zero-order valence-electron chi connectivity index (χ0n) is 33.7. The van der Waals surface area contributed by atoms with E-state index >= 15 is 0 Å². The monoisotopic (exact) mass is 838 g/mol. The molecule has 15 rings (SSSR count). The van der Waals surface area contributed by atoms with Crippen LogP contribution in [0.25, 0.3) is 132 Å². The van der Waals surface area contributed by atoms with Crippen LogP contribution in [0.3, 0.4) is 0 Å². The van der Waals surface area contributed by atoms with E-state index in [0.29, 0.717) is 34.4 Å². The minimum Gasteiger partial charge on any atom is -0.448 e. The third-order valence-corrected chi connectivity index (χ3v) is 12.7. The van der Waals surface area contributed by atoms with Gasteiger partial charge in [0.2, 0.25) is 0 Å². The van der Waals surface area contributed by atoms with Crippen LogP contribution < -0.4 is 0 Å². The van der Waals surface area contributed by atoms with E-state index in [-0.39, 0.29) is 0 Å². The van der Waals surface area contributed by atoms with Crippen LogP contribution in [0.1, 0.15) is 0 Å². The second-order valence-electron chi connectivity index (χ2n) is 15.9. The highest BCUT2D eigenvalue weighted by molar-refractivity contribution is 6.16. The summed E-state index contributed by atoms with van der Waals surface area (Å²) in [6.45, 7) is 0. The maximum atomic E-state index is 7.36. The van der Waals surface area contributed by atoms with Gasteiger partial charge in [0.25, 0.3) is 0 Å². The molecule has 15 heteroatoms. The van der Waals surface area contributed by atoms with E-state index in [0.717, 1.165) is 98.0 Å². The van der Waals surface area contributed by atoms with Crippen LogP contribution in [0.15, 0.2) is 164 Å². The van der Waals surface area contributed by atoms with Crippen molar-refractivity contribution in [1.29, 1.82) is 0 Å². The van der Waals surface area contributed by atoms with Gasteiger partial charge in [0.15, 0.2) is 22.8 Å². The predicted octanol–water partition coefficient (Wildman–Crippen LogP) is 9.92. The van der Waals surface area contributed by atoms with E-state index in [9.17, 15) is 0 Å². The third-order valence-electron chi connectivity index (χ3n) is 12.7. The molecule has 0 N–H and O–H groups in total. The van der Waals surface area contributed by atoms with Crippen LogP contribution in [-0.4, -0.2) is 68.1 Å². The molecule has 15 nitrogen and oxygen atoms in total. The standard InChI is InChI=1S/C50H26N14O/c1-9-57-25-43-27(1)31-19-51-15-7-41(31)63(43)49-47-29(17-45(59-49)61-37-3-11-53-21-33(37)34-22-54-12-4-38(34)61)30-18-46(62-39-5-13-55-23-35(39)36-24-56-14-6-40(36)62)60-50(48(30)65-47)64-42-8-16-52-20-32(42)28-2-10-58-26-44(28)64/h1-26H. The van der Waals surface area contributed by atoms with Gasteiger partial charge >= 0.3 is 0 Å². The fraction of sp³-hybridized carbons (Fsp3) is 0. The summed E-state index contributed by atoms with van der Waals surface area (Å²) in [7, 11) is 0. The van der Waals surface area contributed by atoms with Crippen molar-refractivity contribution in [1.82, 2.24) is 68.1 Å². The summed E-state index contributed by atoms with van der Waals surface area (Å²) in [6, 6.07) is 20.3. The second kappa shape index (κ2) is 12.5. The lowest BCUT2D eigenvalue weighted by molar-refractivity contribution is 0.658. The molecule has 302 valence electrons. The Bertz CT molecular complexity index is 4020. The first-order valence-electron chi connectivity index (χ1n) is 20.8. The minimum atomic E-state index is 0.559. The molecule has 15 aromatic heterocycles. The smallest absolute Gasteiger partial charge is 0.184 e. The Balaban J connectivity index is 1.17. The van der Waals surface area contributed by atoms with Crippen molar-refractivity contribution in [3.8, 4) is 23.3 Å². The molecular weight excluding hydrogens is 813 g/mol. The Hall–Kier alpha value is -9.50. The Morgan fingerprint density at radius 1 is 0.277 bits per heavy atom. The lowest BCUT2D eigenvalue weighted by atomic mass is 10.2. The highest BCUT2D eigenvalue weighted by Crippen LogP contribution is 2.43. The van der Waals surface area contributed by atoms with Crippen molar-refractivity contribution in [3.63, 3.8) is 0 Å². The SMILES string of the molecule is c1cc2c(cn1)c1cnccc1n2-c1cc2c(oc3c(-n4c5ccncc5c5ccncc54)nc(-n4c5ccncc5c5cnccc54)cc32)c(-n2c3ccncc3c3ccncc32)n1. The van der Waals surface area contributed by atoms with Gasteiger partial charge in [-0.3, -0.25) is 58.1 Å². The van der Waals surface area contributed by atoms with E-state index in [4.69, 9.17) is 14.4 Å². The molecule has 0 spiro atoms. The van der Waals surface area contributed by atoms with Gasteiger partial charge in [-0.05, 0) is 60.7 Å². The topological polar surface area (TPSA) is 162 Å². The molecule has 0 aliphatic rings. The number of nitrogens with zero attached hydrogens (tertiary/aromatic N) is 14. The Morgan fingerprint density at radius 3 is 0.923 bits per heavy atom. The van der Waals surface area contributed by atoms with Crippen LogP contribution in [-0.2, 0) is 0 Å². The molecule has 15 heterocycles. The van der Waals surface area contributed by atoms with Crippen molar-refractivity contribution in [3.05, 3.63) is 160 Å². The molecule has 0 atom stereocenters. The summed E-state index contributed by atoms with van der Waals surface area (Å²) in [5, 5.41) is 9.37. The minimum absolute atomic E-state index is 0.559. The fourth-order valence-electron chi connectivity index (χ4n) is 10.0. The van der Waals surface area contributed by atoms with E-state index in [1.165, 1.54) is 0 Å². The molecule has 0 amide bonds. The summed E-state index contributed by atoms with van der Waals surface area (Å²) in [5.74, 6) is 2.48. The number of furan rings is 1. The largest absolute Gasteiger partial charge is 0.448 e. The third kappa shape index (κ3) is 4.51. The van der Waals surface area contributed by atoms with Gasteiger partial charge in [-0.25, -0.2) is 9.97 Å². The fourth-order valence-corrected chi connectivity index (χ4v) is 10.0. The maximum Gasteiger partial charge on any atom is 0.184 e. The van der Waals surface area contributed by atoms with Gasteiger partial charge in [-0.15, -0.1) is 0 Å². The number of hydrogen-bond donors (Lipinski definition) is 0. The van der Waals surface area contributed by atoms with Gasteiger partial charge < -0.3 is 4.42 Å². The van der Waals surface area contributed by atoms with Crippen LogP contribution in [0.5, 0.6) is 0 Å². The predicted molar refractivity (Wildman–Crippen MR) is 249 cm³/mol. The normalized spacial score (nSPS) is 12.3. The zero-order valence-corrected chi connectivity index (χ0v) is 33.7. The quantitative estimate of drug-likeness (QED) is 0.166. The molecular formula is C50H26N14O. The Labute approximate surface area is 363 Å². The molecule has 0 aromatic carbocycles. The lowest BCUT2D eigenvalue weighted by Crippen LogP contribution is -2.04. The van der Waals surface area contributed by atoms with Gasteiger partial charge in [0.05, 0.1) is 56.5 Å². The Morgan fingerprint density at radius 2 is 0.569 bits per heavy atom.